The van der Waals surface area contributed by atoms with E-state index in [1.54, 1.807) is 10.6 Å². The number of fused-ring (bicyclic) bond motifs is 1. The number of pyridine rings is 1. The molecule has 0 aliphatic heterocycles. The maximum atomic E-state index is 12.4. The van der Waals surface area contributed by atoms with Crippen molar-refractivity contribution in [1.82, 2.24) is 19.9 Å². The highest BCUT2D eigenvalue weighted by molar-refractivity contribution is 5.95. The SMILES string of the molecule is COc1cc(C(=O)NCC(F)(F)F)ccc1Nc1nc2ccc(-c3ccc(CC(=O)OC(C)(C)C)cc3)cn2n1. The topological polar surface area (TPSA) is 107 Å². The number of halogens is 3. The van der Waals surface area contributed by atoms with E-state index in [4.69, 9.17) is 9.47 Å². The molecule has 2 aromatic heterocycles. The first-order valence-corrected chi connectivity index (χ1v) is 12.3. The average Bonchev–Trinajstić information content (AvgIpc) is 3.28. The number of nitrogens with zero attached hydrogens (tertiary/aromatic N) is 3. The number of rotatable bonds is 8. The van der Waals surface area contributed by atoms with Crippen molar-refractivity contribution in [3.8, 4) is 16.9 Å². The molecule has 2 aromatic carbocycles. The Balaban J connectivity index is 1.47. The number of hydrogen-bond donors (Lipinski definition) is 2. The van der Waals surface area contributed by atoms with Crippen LogP contribution < -0.4 is 15.4 Å². The van der Waals surface area contributed by atoms with Gasteiger partial charge in [0.25, 0.3) is 5.91 Å². The third kappa shape index (κ3) is 7.49. The zero-order chi connectivity index (χ0) is 29.1. The molecule has 0 aliphatic carbocycles. The number of nitrogens with one attached hydrogen (secondary N) is 2. The Bertz CT molecular complexity index is 1530. The Labute approximate surface area is 228 Å². The van der Waals surface area contributed by atoms with Crippen LogP contribution in [0.2, 0.25) is 0 Å². The molecule has 0 spiro atoms. The highest BCUT2D eigenvalue weighted by atomic mass is 19.4. The summed E-state index contributed by atoms with van der Waals surface area (Å²) in [4.78, 5) is 28.6. The first-order valence-electron chi connectivity index (χ1n) is 12.3. The zero-order valence-electron chi connectivity index (χ0n) is 22.3. The van der Waals surface area contributed by atoms with Gasteiger partial charge in [-0.3, -0.25) is 9.59 Å². The van der Waals surface area contributed by atoms with Crippen molar-refractivity contribution in [3.63, 3.8) is 0 Å². The van der Waals surface area contributed by atoms with Gasteiger partial charge in [-0.1, -0.05) is 24.3 Å². The predicted molar refractivity (Wildman–Crippen MR) is 143 cm³/mol. The Kier molecular flexibility index (Phi) is 7.98. The van der Waals surface area contributed by atoms with Crippen molar-refractivity contribution in [2.45, 2.75) is 39.0 Å². The molecule has 4 aromatic rings. The van der Waals surface area contributed by atoms with Crippen molar-refractivity contribution in [1.29, 1.82) is 0 Å². The van der Waals surface area contributed by atoms with Crippen LogP contribution in [0.25, 0.3) is 16.8 Å². The summed E-state index contributed by atoms with van der Waals surface area (Å²) in [5.74, 6) is -0.693. The summed E-state index contributed by atoms with van der Waals surface area (Å²) in [5.41, 5.74) is 3.09. The number of anilines is 2. The van der Waals surface area contributed by atoms with Crippen LogP contribution in [-0.4, -0.2) is 51.9 Å². The first-order chi connectivity index (χ1) is 18.8. The maximum absolute atomic E-state index is 12.4. The number of benzene rings is 2. The van der Waals surface area contributed by atoms with Crippen LogP contribution in [0, 0.1) is 0 Å². The van der Waals surface area contributed by atoms with Crippen molar-refractivity contribution in [2.24, 2.45) is 0 Å². The third-order valence-electron chi connectivity index (χ3n) is 5.55. The van der Waals surface area contributed by atoms with E-state index in [1.165, 1.54) is 25.3 Å². The monoisotopic (exact) mass is 555 g/mol. The largest absolute Gasteiger partial charge is 0.495 e. The molecule has 0 aliphatic rings. The lowest BCUT2D eigenvalue weighted by molar-refractivity contribution is -0.153. The number of carbonyl (C=O) groups is 2. The van der Waals surface area contributed by atoms with E-state index in [0.29, 0.717) is 11.3 Å². The maximum Gasteiger partial charge on any atom is 0.405 e. The Morgan fingerprint density at radius 1 is 0.975 bits per heavy atom. The summed E-state index contributed by atoms with van der Waals surface area (Å²) in [6.45, 7) is 4.05. The Morgan fingerprint density at radius 3 is 2.33 bits per heavy atom. The predicted octanol–water partition coefficient (Wildman–Crippen LogP) is 5.32. The number of esters is 1. The van der Waals surface area contributed by atoms with E-state index in [9.17, 15) is 22.8 Å². The van der Waals surface area contributed by atoms with Crippen LogP contribution in [0.1, 0.15) is 36.7 Å². The van der Waals surface area contributed by atoms with E-state index in [0.717, 1.165) is 16.7 Å². The molecule has 210 valence electrons. The number of aromatic nitrogens is 3. The summed E-state index contributed by atoms with van der Waals surface area (Å²) in [5, 5.41) is 9.29. The van der Waals surface area contributed by atoms with E-state index in [1.807, 2.05) is 62.6 Å². The molecule has 12 heteroatoms. The number of hydrogen-bond acceptors (Lipinski definition) is 7. The first kappa shape index (κ1) is 28.4. The average molecular weight is 556 g/mol. The lowest BCUT2D eigenvalue weighted by Crippen LogP contribution is -2.33. The molecule has 0 unspecified atom stereocenters. The number of amides is 1. The van der Waals surface area contributed by atoms with Crippen molar-refractivity contribution in [2.75, 3.05) is 19.0 Å². The van der Waals surface area contributed by atoms with E-state index in [-0.39, 0.29) is 29.7 Å². The molecular formula is C28H28F3N5O4. The van der Waals surface area contributed by atoms with Crippen LogP contribution in [0.4, 0.5) is 24.8 Å². The molecular weight excluding hydrogens is 527 g/mol. The van der Waals surface area contributed by atoms with Gasteiger partial charge in [-0.2, -0.15) is 18.2 Å². The molecule has 2 heterocycles. The normalized spacial score (nSPS) is 11.8. The molecule has 0 saturated heterocycles. The summed E-state index contributed by atoms with van der Waals surface area (Å²) < 4.78 is 49.5. The third-order valence-corrected chi connectivity index (χ3v) is 5.55. The zero-order valence-corrected chi connectivity index (χ0v) is 22.3. The Hall–Kier alpha value is -4.61. The molecule has 0 radical (unpaired) electrons. The minimum atomic E-state index is -4.51. The van der Waals surface area contributed by atoms with Crippen molar-refractivity contribution in [3.05, 3.63) is 71.9 Å². The standard InChI is InChI=1S/C28H28F3N5O4/c1-27(2,3)40-24(37)13-17-5-7-18(8-6-17)20-10-12-23-34-26(35-36(23)15-20)33-21-11-9-19(14-22(21)39-4)25(38)32-16-28(29,30)31/h5-12,14-15H,13,16H2,1-4H3,(H,32,38)(H,33,35). The number of methoxy groups -OCH3 is 1. The van der Waals surface area contributed by atoms with Gasteiger partial charge in [0.1, 0.15) is 17.9 Å². The second-order valence-electron chi connectivity index (χ2n) is 9.95. The van der Waals surface area contributed by atoms with Crippen LogP contribution in [0.5, 0.6) is 5.75 Å². The molecule has 0 fully saturated rings. The van der Waals surface area contributed by atoms with Gasteiger partial charge in [0.2, 0.25) is 5.95 Å². The smallest absolute Gasteiger partial charge is 0.405 e. The van der Waals surface area contributed by atoms with Gasteiger partial charge in [0.15, 0.2) is 5.65 Å². The van der Waals surface area contributed by atoms with Crippen LogP contribution in [-0.2, 0) is 16.0 Å². The fourth-order valence-corrected chi connectivity index (χ4v) is 3.80. The quantitative estimate of drug-likeness (QED) is 0.283. The molecule has 4 rings (SSSR count). The highest BCUT2D eigenvalue weighted by Gasteiger charge is 2.28. The molecule has 0 bridgehead atoms. The number of ether oxygens (including phenoxy) is 2. The summed E-state index contributed by atoms with van der Waals surface area (Å²) in [6, 6.07) is 15.5. The molecule has 2 N–H and O–H groups in total. The van der Waals surface area contributed by atoms with Crippen molar-refractivity contribution < 1.29 is 32.2 Å². The van der Waals surface area contributed by atoms with Gasteiger partial charge in [-0.15, -0.1) is 5.10 Å². The van der Waals surface area contributed by atoms with Gasteiger partial charge >= 0.3 is 12.1 Å². The highest BCUT2D eigenvalue weighted by Crippen LogP contribution is 2.29. The van der Waals surface area contributed by atoms with Crippen molar-refractivity contribution >= 4 is 29.2 Å². The van der Waals surface area contributed by atoms with Gasteiger partial charge < -0.3 is 20.1 Å². The lowest BCUT2D eigenvalue weighted by Gasteiger charge is -2.19. The van der Waals surface area contributed by atoms with E-state index >= 15 is 0 Å². The van der Waals surface area contributed by atoms with Gasteiger partial charge in [-0.05, 0) is 62.2 Å². The van der Waals surface area contributed by atoms with Crippen LogP contribution in [0.15, 0.2) is 60.8 Å². The van der Waals surface area contributed by atoms with Gasteiger partial charge in [-0.25, -0.2) is 4.52 Å². The summed E-state index contributed by atoms with van der Waals surface area (Å²) in [6.07, 6.45) is -2.53. The fourth-order valence-electron chi connectivity index (χ4n) is 3.80. The minimum absolute atomic E-state index is 0.0105. The minimum Gasteiger partial charge on any atom is -0.495 e. The lowest BCUT2D eigenvalue weighted by atomic mass is 10.0. The van der Waals surface area contributed by atoms with Gasteiger partial charge in [0.05, 0.1) is 19.2 Å². The molecule has 9 nitrogen and oxygen atoms in total. The Morgan fingerprint density at radius 2 is 1.68 bits per heavy atom. The van der Waals surface area contributed by atoms with Gasteiger partial charge in [0, 0.05) is 17.3 Å². The number of carbonyl (C=O) groups excluding carboxylic acids is 2. The van der Waals surface area contributed by atoms with Crippen LogP contribution in [0.3, 0.4) is 0 Å². The fraction of sp³-hybridized carbons (Fsp3) is 0.286. The van der Waals surface area contributed by atoms with Crippen LogP contribution >= 0.6 is 0 Å². The summed E-state index contributed by atoms with van der Waals surface area (Å²) in [7, 11) is 1.38. The van der Waals surface area contributed by atoms with E-state index < -0.39 is 24.2 Å². The molecule has 0 atom stereocenters. The molecule has 40 heavy (non-hydrogen) atoms. The molecule has 1 amide bonds. The second kappa shape index (κ2) is 11.2. The van der Waals surface area contributed by atoms with E-state index in [2.05, 4.69) is 15.4 Å². The second-order valence-corrected chi connectivity index (χ2v) is 9.95. The number of alkyl halides is 3. The molecule has 0 saturated carbocycles. The summed E-state index contributed by atoms with van der Waals surface area (Å²) >= 11 is 0.